The summed E-state index contributed by atoms with van der Waals surface area (Å²) in [5.74, 6) is 0.510. The summed E-state index contributed by atoms with van der Waals surface area (Å²) in [5.41, 5.74) is 1.60. The first kappa shape index (κ1) is 10.7. The molecule has 0 radical (unpaired) electrons. The van der Waals surface area contributed by atoms with Gasteiger partial charge in [0.2, 0.25) is 0 Å². The number of esters is 1. The van der Waals surface area contributed by atoms with Crippen molar-refractivity contribution in [2.24, 2.45) is 16.7 Å². The van der Waals surface area contributed by atoms with Gasteiger partial charge in [0.25, 0.3) is 0 Å². The largest absolute Gasteiger partial charge is 0.465 e. The van der Waals surface area contributed by atoms with Crippen LogP contribution >= 0.6 is 0 Å². The lowest BCUT2D eigenvalue weighted by Crippen LogP contribution is -2.37. The van der Waals surface area contributed by atoms with Gasteiger partial charge in [-0.15, -0.1) is 0 Å². The van der Waals surface area contributed by atoms with Gasteiger partial charge in [0.15, 0.2) is 0 Å². The zero-order valence-electron chi connectivity index (χ0n) is 10.1. The van der Waals surface area contributed by atoms with Crippen molar-refractivity contribution < 1.29 is 9.53 Å². The Morgan fingerprint density at radius 1 is 1.47 bits per heavy atom. The molecule has 0 aromatic carbocycles. The lowest BCUT2D eigenvalue weighted by molar-refractivity contribution is -0.137. The van der Waals surface area contributed by atoms with E-state index in [2.05, 4.69) is 33.8 Å². The van der Waals surface area contributed by atoms with Crippen molar-refractivity contribution in [2.45, 2.75) is 40.5 Å². The second-order valence-electron chi connectivity index (χ2n) is 6.04. The first-order chi connectivity index (χ1) is 6.86. The molecule has 1 aliphatic heterocycles. The first-order valence-electron chi connectivity index (χ1n) is 5.69. The van der Waals surface area contributed by atoms with Crippen molar-refractivity contribution in [1.29, 1.82) is 0 Å². The highest BCUT2D eigenvalue weighted by Crippen LogP contribution is 2.55. The summed E-state index contributed by atoms with van der Waals surface area (Å²) in [7, 11) is 0. The van der Waals surface area contributed by atoms with Crippen LogP contribution in [0.5, 0.6) is 0 Å². The summed E-state index contributed by atoms with van der Waals surface area (Å²) in [6.07, 6.45) is 3.96. The minimum absolute atomic E-state index is 0.00926. The van der Waals surface area contributed by atoms with Gasteiger partial charge in [-0.3, -0.25) is 4.79 Å². The smallest absolute Gasteiger partial charge is 0.306 e. The number of rotatable bonds is 0. The molecular formula is C13H20O2. The number of cyclic esters (lactones) is 1. The Kier molecular flexibility index (Phi) is 2.21. The van der Waals surface area contributed by atoms with Crippen molar-refractivity contribution in [3.8, 4) is 0 Å². The van der Waals surface area contributed by atoms with E-state index in [4.69, 9.17) is 4.74 Å². The van der Waals surface area contributed by atoms with Crippen molar-refractivity contribution in [3.05, 3.63) is 11.6 Å². The predicted molar refractivity (Wildman–Crippen MR) is 59.3 cm³/mol. The van der Waals surface area contributed by atoms with Gasteiger partial charge in [0.05, 0.1) is 6.42 Å². The maximum Gasteiger partial charge on any atom is 0.306 e. The van der Waals surface area contributed by atoms with Gasteiger partial charge in [-0.25, -0.2) is 0 Å². The van der Waals surface area contributed by atoms with Crippen LogP contribution in [0.25, 0.3) is 0 Å². The zero-order chi connectivity index (χ0) is 11.3. The lowest BCUT2D eigenvalue weighted by Gasteiger charge is -2.39. The lowest BCUT2D eigenvalue weighted by atomic mass is 9.63. The predicted octanol–water partition coefficient (Wildman–Crippen LogP) is 2.93. The van der Waals surface area contributed by atoms with E-state index >= 15 is 0 Å². The number of hydrogen-bond acceptors (Lipinski definition) is 2. The average molecular weight is 208 g/mol. The Hall–Kier alpha value is -0.790. The van der Waals surface area contributed by atoms with Crippen molar-refractivity contribution in [3.63, 3.8) is 0 Å². The van der Waals surface area contributed by atoms with Gasteiger partial charge in [-0.05, 0) is 24.7 Å². The standard InChI is InChI=1S/C13H20O2/c1-9-5-6-10(12(2,3)4)13(9)7-11(14)15-8-13/h5,10H,6-8H2,1-4H3/t10-,13+/m0/s1. The average Bonchev–Trinajstić information content (AvgIpc) is 2.59. The number of carbonyl (C=O) groups excluding carboxylic acids is 1. The molecule has 1 saturated heterocycles. The third-order valence-corrected chi connectivity index (χ3v) is 4.11. The summed E-state index contributed by atoms with van der Waals surface area (Å²) < 4.78 is 5.21. The van der Waals surface area contributed by atoms with Gasteiger partial charge < -0.3 is 4.74 Å². The van der Waals surface area contributed by atoms with E-state index in [1.165, 1.54) is 5.57 Å². The molecule has 1 aliphatic carbocycles. The van der Waals surface area contributed by atoms with E-state index in [0.29, 0.717) is 18.9 Å². The van der Waals surface area contributed by atoms with Gasteiger partial charge in [-0.1, -0.05) is 32.4 Å². The Balaban J connectivity index is 2.34. The van der Waals surface area contributed by atoms with Gasteiger partial charge in [0, 0.05) is 5.41 Å². The molecule has 2 aliphatic rings. The van der Waals surface area contributed by atoms with Gasteiger partial charge >= 0.3 is 5.97 Å². The third-order valence-electron chi connectivity index (χ3n) is 4.11. The van der Waals surface area contributed by atoms with Crippen LogP contribution in [0.1, 0.15) is 40.5 Å². The number of carbonyl (C=O) groups is 1. The number of hydrogen-bond donors (Lipinski definition) is 0. The second-order valence-corrected chi connectivity index (χ2v) is 6.04. The fourth-order valence-corrected chi connectivity index (χ4v) is 3.23. The molecule has 1 spiro atoms. The van der Waals surface area contributed by atoms with E-state index in [-0.39, 0.29) is 16.8 Å². The summed E-state index contributed by atoms with van der Waals surface area (Å²) in [4.78, 5) is 11.4. The van der Waals surface area contributed by atoms with E-state index in [1.54, 1.807) is 0 Å². The Morgan fingerprint density at radius 2 is 2.13 bits per heavy atom. The molecular weight excluding hydrogens is 188 g/mol. The molecule has 15 heavy (non-hydrogen) atoms. The van der Waals surface area contributed by atoms with E-state index in [9.17, 15) is 4.79 Å². The molecule has 1 heterocycles. The summed E-state index contributed by atoms with van der Waals surface area (Å²) in [6.45, 7) is 9.52. The third kappa shape index (κ3) is 1.51. The summed E-state index contributed by atoms with van der Waals surface area (Å²) in [6, 6.07) is 0. The molecule has 84 valence electrons. The number of ether oxygens (including phenoxy) is 1. The van der Waals surface area contributed by atoms with Crippen LogP contribution in [0.4, 0.5) is 0 Å². The van der Waals surface area contributed by atoms with Gasteiger partial charge in [-0.2, -0.15) is 0 Å². The molecule has 0 N–H and O–H groups in total. The molecule has 0 saturated carbocycles. The molecule has 1 fully saturated rings. The fraction of sp³-hybridized carbons (Fsp3) is 0.769. The van der Waals surface area contributed by atoms with Crippen molar-refractivity contribution in [1.82, 2.24) is 0 Å². The molecule has 0 bridgehead atoms. The maximum atomic E-state index is 11.4. The Bertz CT molecular complexity index is 322. The summed E-state index contributed by atoms with van der Waals surface area (Å²) in [5, 5.41) is 0. The monoisotopic (exact) mass is 208 g/mol. The van der Waals surface area contributed by atoms with Crippen LogP contribution < -0.4 is 0 Å². The van der Waals surface area contributed by atoms with Crippen LogP contribution in [0.15, 0.2) is 11.6 Å². The maximum absolute atomic E-state index is 11.4. The molecule has 2 heteroatoms. The molecule has 0 aromatic rings. The van der Waals surface area contributed by atoms with E-state index in [1.807, 2.05) is 0 Å². The second kappa shape index (κ2) is 3.10. The van der Waals surface area contributed by atoms with E-state index < -0.39 is 0 Å². The zero-order valence-corrected chi connectivity index (χ0v) is 10.1. The van der Waals surface area contributed by atoms with Crippen LogP contribution in [0.2, 0.25) is 0 Å². The van der Waals surface area contributed by atoms with Crippen LogP contribution in [0.3, 0.4) is 0 Å². The minimum atomic E-state index is -0.0288. The minimum Gasteiger partial charge on any atom is -0.465 e. The first-order valence-corrected chi connectivity index (χ1v) is 5.69. The molecule has 2 rings (SSSR count). The Labute approximate surface area is 91.7 Å². The molecule has 0 aromatic heterocycles. The fourth-order valence-electron chi connectivity index (χ4n) is 3.23. The highest BCUT2D eigenvalue weighted by molar-refractivity contribution is 5.73. The van der Waals surface area contributed by atoms with Crippen molar-refractivity contribution >= 4 is 5.97 Å². The molecule has 0 amide bonds. The van der Waals surface area contributed by atoms with Gasteiger partial charge in [0.1, 0.15) is 6.61 Å². The van der Waals surface area contributed by atoms with Crippen molar-refractivity contribution in [2.75, 3.05) is 6.61 Å². The van der Waals surface area contributed by atoms with Crippen LogP contribution in [-0.2, 0) is 9.53 Å². The van der Waals surface area contributed by atoms with E-state index in [0.717, 1.165) is 6.42 Å². The quantitative estimate of drug-likeness (QED) is 0.452. The Morgan fingerprint density at radius 3 is 2.60 bits per heavy atom. The topological polar surface area (TPSA) is 26.3 Å². The van der Waals surface area contributed by atoms with Crippen LogP contribution in [-0.4, -0.2) is 12.6 Å². The number of allylic oxidation sites excluding steroid dienone is 1. The highest BCUT2D eigenvalue weighted by atomic mass is 16.5. The summed E-state index contributed by atoms with van der Waals surface area (Å²) >= 11 is 0. The SMILES string of the molecule is CC1=CC[C@@H](C(C)(C)C)[C@]12COC(=O)C2. The molecule has 2 atom stereocenters. The highest BCUT2D eigenvalue weighted by Gasteiger charge is 2.53. The molecule has 0 unspecified atom stereocenters. The molecule has 2 nitrogen and oxygen atoms in total. The normalized spacial score (nSPS) is 35.9. The van der Waals surface area contributed by atoms with Crippen LogP contribution in [0, 0.1) is 16.7 Å².